The molecule has 0 aromatic heterocycles. The van der Waals surface area contributed by atoms with Crippen molar-refractivity contribution in [2.75, 3.05) is 13.1 Å². The van der Waals surface area contributed by atoms with Gasteiger partial charge in [0.15, 0.2) is 0 Å². The summed E-state index contributed by atoms with van der Waals surface area (Å²) in [5.74, 6) is 0. The maximum atomic E-state index is 10.2. The third-order valence-electron chi connectivity index (χ3n) is 4.06. The molecule has 0 radical (unpaired) electrons. The molecule has 1 aromatic rings. The van der Waals surface area contributed by atoms with Crippen LogP contribution < -0.4 is 0 Å². The second-order valence-electron chi connectivity index (χ2n) is 5.45. The zero-order valence-corrected chi connectivity index (χ0v) is 11.4. The van der Waals surface area contributed by atoms with E-state index in [1.54, 1.807) is 0 Å². The van der Waals surface area contributed by atoms with Crippen molar-refractivity contribution in [2.24, 2.45) is 0 Å². The van der Waals surface area contributed by atoms with Crippen molar-refractivity contribution >= 4 is 0 Å². The monoisotopic (exact) mass is 247 g/mol. The number of hydrogen-bond acceptors (Lipinski definition) is 2. The van der Waals surface area contributed by atoms with Crippen molar-refractivity contribution in [3.8, 4) is 0 Å². The van der Waals surface area contributed by atoms with Crippen LogP contribution in [-0.2, 0) is 0 Å². The van der Waals surface area contributed by atoms with Gasteiger partial charge < -0.3 is 10.0 Å². The molecule has 1 aliphatic rings. The van der Waals surface area contributed by atoms with Crippen LogP contribution in [-0.4, -0.2) is 29.1 Å². The van der Waals surface area contributed by atoms with Crippen molar-refractivity contribution in [3.63, 3.8) is 0 Å². The van der Waals surface area contributed by atoms with E-state index in [1.165, 1.54) is 32.2 Å². The summed E-state index contributed by atoms with van der Waals surface area (Å²) in [7, 11) is 0. The van der Waals surface area contributed by atoms with Crippen LogP contribution in [0.4, 0.5) is 0 Å². The molecule has 0 saturated carbocycles. The fourth-order valence-corrected chi connectivity index (χ4v) is 2.80. The lowest BCUT2D eigenvalue weighted by atomic mass is 10.1. The highest BCUT2D eigenvalue weighted by Gasteiger charge is 2.17. The van der Waals surface area contributed by atoms with Gasteiger partial charge in [0.1, 0.15) is 0 Å². The van der Waals surface area contributed by atoms with E-state index in [-0.39, 0.29) is 6.10 Å². The normalized spacial score (nSPS) is 23.6. The minimum atomic E-state index is -0.318. The quantitative estimate of drug-likeness (QED) is 0.881. The van der Waals surface area contributed by atoms with Crippen LogP contribution in [0.5, 0.6) is 0 Å². The molecule has 1 saturated heterocycles. The smallest absolute Gasteiger partial charge is 0.0802 e. The third kappa shape index (κ3) is 3.82. The molecular weight excluding hydrogens is 222 g/mol. The van der Waals surface area contributed by atoms with Crippen LogP contribution in [0.2, 0.25) is 0 Å². The minimum Gasteiger partial charge on any atom is -0.388 e. The Hall–Kier alpha value is -0.860. The maximum Gasteiger partial charge on any atom is 0.0802 e. The van der Waals surface area contributed by atoms with Crippen molar-refractivity contribution < 1.29 is 5.11 Å². The first-order valence-electron chi connectivity index (χ1n) is 7.24. The zero-order chi connectivity index (χ0) is 12.8. The largest absolute Gasteiger partial charge is 0.388 e. The fraction of sp³-hybridized carbons (Fsp3) is 0.625. The van der Waals surface area contributed by atoms with E-state index in [9.17, 15) is 5.11 Å². The summed E-state index contributed by atoms with van der Waals surface area (Å²) in [5, 5.41) is 10.2. The highest BCUT2D eigenvalue weighted by Crippen LogP contribution is 2.20. The zero-order valence-electron chi connectivity index (χ0n) is 11.4. The van der Waals surface area contributed by atoms with Crippen LogP contribution in [0, 0.1) is 0 Å². The summed E-state index contributed by atoms with van der Waals surface area (Å²) in [6.07, 6.45) is 5.87. The van der Waals surface area contributed by atoms with Crippen LogP contribution in [0.3, 0.4) is 0 Å². The molecule has 1 heterocycles. The number of nitrogens with zero attached hydrogens (tertiary/aromatic N) is 1. The number of aliphatic hydroxyl groups is 1. The van der Waals surface area contributed by atoms with Crippen molar-refractivity contribution in [1.82, 2.24) is 4.90 Å². The van der Waals surface area contributed by atoms with Gasteiger partial charge in [-0.3, -0.25) is 0 Å². The number of rotatable bonds is 4. The van der Waals surface area contributed by atoms with Gasteiger partial charge >= 0.3 is 0 Å². The van der Waals surface area contributed by atoms with Gasteiger partial charge in [0.2, 0.25) is 0 Å². The lowest BCUT2D eigenvalue weighted by Gasteiger charge is -2.27. The molecule has 1 N–H and O–H groups in total. The average molecular weight is 247 g/mol. The second-order valence-corrected chi connectivity index (χ2v) is 5.45. The average Bonchev–Trinajstić information content (AvgIpc) is 2.62. The first-order valence-corrected chi connectivity index (χ1v) is 7.24. The SMILES string of the molecule is C[C@@H]1CCCCCN1CC[C@H](O)c1ccccc1. The Bertz CT molecular complexity index is 338. The van der Waals surface area contributed by atoms with E-state index in [0.717, 1.165) is 18.5 Å². The summed E-state index contributed by atoms with van der Waals surface area (Å²) >= 11 is 0. The molecule has 100 valence electrons. The summed E-state index contributed by atoms with van der Waals surface area (Å²) in [5.41, 5.74) is 1.04. The molecule has 2 atom stereocenters. The Labute approximate surface area is 111 Å². The second kappa shape index (κ2) is 6.91. The third-order valence-corrected chi connectivity index (χ3v) is 4.06. The molecule has 0 bridgehead atoms. The number of aliphatic hydroxyl groups excluding tert-OH is 1. The van der Waals surface area contributed by atoms with Crippen LogP contribution in [0.1, 0.15) is 50.7 Å². The molecular formula is C16H25NO. The lowest BCUT2D eigenvalue weighted by Crippen LogP contribution is -2.34. The molecule has 0 amide bonds. The molecule has 1 aliphatic heterocycles. The predicted octanol–water partition coefficient (Wildman–Crippen LogP) is 3.37. The van der Waals surface area contributed by atoms with Crippen LogP contribution >= 0.6 is 0 Å². The van der Waals surface area contributed by atoms with Crippen LogP contribution in [0.25, 0.3) is 0 Å². The summed E-state index contributed by atoms with van der Waals surface area (Å²) in [4.78, 5) is 2.54. The Morgan fingerprint density at radius 3 is 2.78 bits per heavy atom. The summed E-state index contributed by atoms with van der Waals surface area (Å²) in [6, 6.07) is 10.7. The molecule has 1 aromatic carbocycles. The van der Waals surface area contributed by atoms with Crippen molar-refractivity contribution in [2.45, 2.75) is 51.2 Å². The summed E-state index contributed by atoms with van der Waals surface area (Å²) in [6.45, 7) is 4.53. The Morgan fingerprint density at radius 1 is 1.22 bits per heavy atom. The van der Waals surface area contributed by atoms with Crippen molar-refractivity contribution in [3.05, 3.63) is 35.9 Å². The fourth-order valence-electron chi connectivity index (χ4n) is 2.80. The molecule has 0 aliphatic carbocycles. The molecule has 2 rings (SSSR count). The van der Waals surface area contributed by atoms with Gasteiger partial charge in [0.05, 0.1) is 6.10 Å². The molecule has 0 spiro atoms. The van der Waals surface area contributed by atoms with E-state index in [1.807, 2.05) is 30.3 Å². The van der Waals surface area contributed by atoms with E-state index in [2.05, 4.69) is 11.8 Å². The number of benzene rings is 1. The molecule has 0 unspecified atom stereocenters. The highest BCUT2D eigenvalue weighted by atomic mass is 16.3. The van der Waals surface area contributed by atoms with E-state index >= 15 is 0 Å². The van der Waals surface area contributed by atoms with E-state index in [4.69, 9.17) is 0 Å². The summed E-state index contributed by atoms with van der Waals surface area (Å²) < 4.78 is 0. The van der Waals surface area contributed by atoms with E-state index < -0.39 is 0 Å². The van der Waals surface area contributed by atoms with Gasteiger partial charge in [-0.05, 0) is 38.3 Å². The molecule has 2 nitrogen and oxygen atoms in total. The predicted molar refractivity (Wildman–Crippen MR) is 75.5 cm³/mol. The number of hydrogen-bond donors (Lipinski definition) is 1. The van der Waals surface area contributed by atoms with Crippen molar-refractivity contribution in [1.29, 1.82) is 0 Å². The van der Waals surface area contributed by atoms with E-state index in [0.29, 0.717) is 6.04 Å². The molecule has 2 heteroatoms. The maximum absolute atomic E-state index is 10.2. The number of likely N-dealkylation sites (tertiary alicyclic amines) is 1. The van der Waals surface area contributed by atoms with Gasteiger partial charge in [-0.25, -0.2) is 0 Å². The Kier molecular flexibility index (Phi) is 5.21. The van der Waals surface area contributed by atoms with Gasteiger partial charge in [0, 0.05) is 12.6 Å². The lowest BCUT2D eigenvalue weighted by molar-refractivity contribution is 0.128. The Morgan fingerprint density at radius 2 is 2.00 bits per heavy atom. The Balaban J connectivity index is 1.83. The molecule has 18 heavy (non-hydrogen) atoms. The first-order chi connectivity index (χ1) is 8.77. The van der Waals surface area contributed by atoms with Gasteiger partial charge in [-0.2, -0.15) is 0 Å². The first kappa shape index (κ1) is 13.6. The van der Waals surface area contributed by atoms with Gasteiger partial charge in [0.25, 0.3) is 0 Å². The van der Waals surface area contributed by atoms with Gasteiger partial charge in [-0.15, -0.1) is 0 Å². The highest BCUT2D eigenvalue weighted by molar-refractivity contribution is 5.17. The van der Waals surface area contributed by atoms with Crippen LogP contribution in [0.15, 0.2) is 30.3 Å². The molecule has 1 fully saturated rings. The minimum absolute atomic E-state index is 0.318. The topological polar surface area (TPSA) is 23.5 Å². The van der Waals surface area contributed by atoms with Gasteiger partial charge in [-0.1, -0.05) is 43.2 Å². The standard InChI is InChI=1S/C16H25NO/c1-14-8-4-3-7-12-17(14)13-11-16(18)15-9-5-2-6-10-15/h2,5-6,9-10,14,16,18H,3-4,7-8,11-13H2,1H3/t14-,16+/m1/s1.